The maximum atomic E-state index is 11.8. The van der Waals surface area contributed by atoms with Crippen molar-refractivity contribution >= 4 is 23.8 Å². The normalized spacial score (nSPS) is 29.4. The van der Waals surface area contributed by atoms with Gasteiger partial charge in [-0.25, -0.2) is 9.59 Å². The SMILES string of the molecule is CC1(CNC(=O)NC2(C(=O)O)CCC2)CCCS1. The van der Waals surface area contributed by atoms with Crippen LogP contribution in [0.5, 0.6) is 0 Å². The summed E-state index contributed by atoms with van der Waals surface area (Å²) in [4.78, 5) is 22.9. The highest BCUT2D eigenvalue weighted by atomic mass is 32.2. The molecule has 18 heavy (non-hydrogen) atoms. The van der Waals surface area contributed by atoms with Crippen molar-refractivity contribution in [1.29, 1.82) is 0 Å². The van der Waals surface area contributed by atoms with Gasteiger partial charge in [0.25, 0.3) is 0 Å². The lowest BCUT2D eigenvalue weighted by Gasteiger charge is -2.38. The molecule has 0 aromatic rings. The number of carbonyl (C=O) groups excluding carboxylic acids is 1. The molecule has 2 aliphatic rings. The maximum Gasteiger partial charge on any atom is 0.329 e. The van der Waals surface area contributed by atoms with Crippen molar-refractivity contribution in [1.82, 2.24) is 10.6 Å². The van der Waals surface area contributed by atoms with Gasteiger partial charge in [-0.2, -0.15) is 11.8 Å². The van der Waals surface area contributed by atoms with Crippen LogP contribution in [0, 0.1) is 0 Å². The Kier molecular flexibility index (Phi) is 3.75. The van der Waals surface area contributed by atoms with Crippen LogP contribution in [-0.4, -0.2) is 39.7 Å². The van der Waals surface area contributed by atoms with Gasteiger partial charge < -0.3 is 15.7 Å². The number of carbonyl (C=O) groups is 2. The van der Waals surface area contributed by atoms with E-state index in [0.29, 0.717) is 19.4 Å². The molecule has 1 saturated carbocycles. The Morgan fingerprint density at radius 3 is 2.44 bits per heavy atom. The van der Waals surface area contributed by atoms with Crippen LogP contribution in [-0.2, 0) is 4.79 Å². The fraction of sp³-hybridized carbons (Fsp3) is 0.833. The fourth-order valence-corrected chi connectivity index (χ4v) is 3.67. The summed E-state index contributed by atoms with van der Waals surface area (Å²) in [5, 5.41) is 14.5. The van der Waals surface area contributed by atoms with Crippen LogP contribution in [0.4, 0.5) is 4.79 Å². The molecule has 6 heteroatoms. The average molecular weight is 272 g/mol. The Bertz CT molecular complexity index is 349. The van der Waals surface area contributed by atoms with Crippen LogP contribution in [0.25, 0.3) is 0 Å². The van der Waals surface area contributed by atoms with Crippen molar-refractivity contribution in [2.75, 3.05) is 12.3 Å². The zero-order chi connectivity index (χ0) is 13.2. The Balaban J connectivity index is 1.80. The van der Waals surface area contributed by atoms with Gasteiger partial charge in [-0.05, 0) is 44.8 Å². The van der Waals surface area contributed by atoms with Crippen LogP contribution < -0.4 is 10.6 Å². The van der Waals surface area contributed by atoms with Crippen molar-refractivity contribution in [2.24, 2.45) is 0 Å². The zero-order valence-corrected chi connectivity index (χ0v) is 11.4. The number of amides is 2. The third-order valence-corrected chi connectivity index (χ3v) is 5.43. The zero-order valence-electron chi connectivity index (χ0n) is 10.6. The molecular formula is C12H20N2O3S. The number of nitrogens with one attached hydrogen (secondary N) is 2. The second-order valence-corrected chi connectivity index (χ2v) is 7.13. The standard InChI is InChI=1S/C12H20N2O3S/c1-11(4-3-7-18-11)8-13-10(17)14-12(9(15)16)5-2-6-12/h2-8H2,1H3,(H,15,16)(H2,13,14,17). The van der Waals surface area contributed by atoms with E-state index in [2.05, 4.69) is 17.6 Å². The van der Waals surface area contributed by atoms with Crippen molar-refractivity contribution in [3.8, 4) is 0 Å². The average Bonchev–Trinajstić information content (AvgIpc) is 2.68. The summed E-state index contributed by atoms with van der Waals surface area (Å²) < 4.78 is 0.105. The van der Waals surface area contributed by atoms with Crippen molar-refractivity contribution in [3.63, 3.8) is 0 Å². The molecule has 2 amide bonds. The Morgan fingerprint density at radius 1 is 1.28 bits per heavy atom. The topological polar surface area (TPSA) is 78.4 Å². The van der Waals surface area contributed by atoms with E-state index in [1.165, 1.54) is 6.42 Å². The monoisotopic (exact) mass is 272 g/mol. The van der Waals surface area contributed by atoms with E-state index in [4.69, 9.17) is 5.11 Å². The minimum atomic E-state index is -1.02. The number of urea groups is 1. The molecule has 0 aromatic carbocycles. The molecule has 1 heterocycles. The first-order valence-corrected chi connectivity index (χ1v) is 7.38. The summed E-state index contributed by atoms with van der Waals surface area (Å²) in [6, 6.07) is -0.356. The molecule has 0 radical (unpaired) electrons. The van der Waals surface area contributed by atoms with Crippen LogP contribution in [0.15, 0.2) is 0 Å². The largest absolute Gasteiger partial charge is 0.480 e. The first kappa shape index (κ1) is 13.5. The van der Waals surface area contributed by atoms with Crippen molar-refractivity contribution in [2.45, 2.75) is 49.3 Å². The third-order valence-electron chi connectivity index (χ3n) is 3.89. The molecule has 2 rings (SSSR count). The molecule has 0 spiro atoms. The van der Waals surface area contributed by atoms with Crippen LogP contribution in [0.2, 0.25) is 0 Å². The maximum absolute atomic E-state index is 11.8. The van der Waals surface area contributed by atoms with E-state index in [0.717, 1.165) is 18.6 Å². The van der Waals surface area contributed by atoms with E-state index in [1.807, 2.05) is 11.8 Å². The highest BCUT2D eigenvalue weighted by Gasteiger charge is 2.45. The second kappa shape index (κ2) is 4.99. The molecule has 0 aromatic heterocycles. The number of hydrogen-bond acceptors (Lipinski definition) is 3. The van der Waals surface area contributed by atoms with Crippen LogP contribution >= 0.6 is 11.8 Å². The molecule has 0 bridgehead atoms. The minimum Gasteiger partial charge on any atom is -0.480 e. The molecule has 1 saturated heterocycles. The molecule has 1 aliphatic heterocycles. The summed E-state index contributed by atoms with van der Waals surface area (Å²) in [5.74, 6) is 0.212. The lowest BCUT2D eigenvalue weighted by Crippen LogP contribution is -2.61. The number of aliphatic carboxylic acids is 1. The second-order valence-electron chi connectivity index (χ2n) is 5.45. The predicted octanol–water partition coefficient (Wildman–Crippen LogP) is 1.58. The van der Waals surface area contributed by atoms with E-state index in [-0.39, 0.29) is 10.8 Å². The smallest absolute Gasteiger partial charge is 0.329 e. The molecule has 1 atom stereocenters. The number of thioether (sulfide) groups is 1. The minimum absolute atomic E-state index is 0.105. The van der Waals surface area contributed by atoms with Gasteiger partial charge in [0.1, 0.15) is 5.54 Å². The van der Waals surface area contributed by atoms with Gasteiger partial charge in [0.15, 0.2) is 0 Å². The van der Waals surface area contributed by atoms with Gasteiger partial charge in [-0.15, -0.1) is 0 Å². The Morgan fingerprint density at radius 2 is 2.00 bits per heavy atom. The van der Waals surface area contributed by atoms with Gasteiger partial charge in [0.05, 0.1) is 0 Å². The molecule has 3 N–H and O–H groups in total. The number of carboxylic acids is 1. The molecule has 2 fully saturated rings. The quantitative estimate of drug-likeness (QED) is 0.726. The Hall–Kier alpha value is -0.910. The van der Waals surface area contributed by atoms with Gasteiger partial charge >= 0.3 is 12.0 Å². The summed E-state index contributed by atoms with van der Waals surface area (Å²) in [7, 11) is 0. The number of carboxylic acid groups (broad SMARTS) is 1. The molecule has 1 unspecified atom stereocenters. The fourth-order valence-electron chi connectivity index (χ4n) is 2.43. The van der Waals surface area contributed by atoms with E-state index < -0.39 is 11.5 Å². The van der Waals surface area contributed by atoms with Crippen molar-refractivity contribution in [3.05, 3.63) is 0 Å². The number of hydrogen-bond donors (Lipinski definition) is 3. The highest BCUT2D eigenvalue weighted by molar-refractivity contribution is 8.00. The first-order valence-electron chi connectivity index (χ1n) is 6.39. The molecular weight excluding hydrogens is 252 g/mol. The molecule has 5 nitrogen and oxygen atoms in total. The van der Waals surface area contributed by atoms with Gasteiger partial charge in [-0.1, -0.05) is 0 Å². The Labute approximate surface area is 111 Å². The van der Waals surface area contributed by atoms with Gasteiger partial charge in [-0.3, -0.25) is 0 Å². The van der Waals surface area contributed by atoms with E-state index >= 15 is 0 Å². The first-order chi connectivity index (χ1) is 8.46. The molecule has 1 aliphatic carbocycles. The van der Waals surface area contributed by atoms with Crippen LogP contribution in [0.3, 0.4) is 0 Å². The molecule has 102 valence electrons. The van der Waals surface area contributed by atoms with Gasteiger partial charge in [0, 0.05) is 11.3 Å². The van der Waals surface area contributed by atoms with Crippen molar-refractivity contribution < 1.29 is 14.7 Å². The van der Waals surface area contributed by atoms with Gasteiger partial charge in [0.2, 0.25) is 0 Å². The van der Waals surface area contributed by atoms with Crippen LogP contribution in [0.1, 0.15) is 39.0 Å². The predicted molar refractivity (Wildman–Crippen MR) is 70.8 cm³/mol. The third kappa shape index (κ3) is 2.74. The lowest BCUT2D eigenvalue weighted by molar-refractivity contribution is -0.148. The summed E-state index contributed by atoms with van der Waals surface area (Å²) in [6.07, 6.45) is 4.20. The lowest BCUT2D eigenvalue weighted by atomic mass is 9.77. The highest BCUT2D eigenvalue weighted by Crippen LogP contribution is 2.37. The number of rotatable bonds is 4. The van der Waals surface area contributed by atoms with E-state index in [1.54, 1.807) is 0 Å². The summed E-state index contributed by atoms with van der Waals surface area (Å²) in [6.45, 7) is 2.74. The summed E-state index contributed by atoms with van der Waals surface area (Å²) in [5.41, 5.74) is -1.02. The van der Waals surface area contributed by atoms with E-state index in [9.17, 15) is 9.59 Å². The summed E-state index contributed by atoms with van der Waals surface area (Å²) >= 11 is 1.87.